The fourth-order valence-corrected chi connectivity index (χ4v) is 3.04. The summed E-state index contributed by atoms with van der Waals surface area (Å²) in [4.78, 5) is 24.3. The molecule has 0 bridgehead atoms. The van der Waals surface area contributed by atoms with Crippen LogP contribution in [0.3, 0.4) is 0 Å². The Hall–Kier alpha value is -3.66. The SMILES string of the molecule is O=C(/C=C/c1cc(O)ccc1-c1ccccc1)CC(=O)CCc1ccc(O)cc1. The quantitative estimate of drug-likeness (QED) is 0.425. The molecule has 0 heterocycles. The molecule has 0 spiro atoms. The molecule has 0 aliphatic carbocycles. The van der Waals surface area contributed by atoms with Crippen molar-refractivity contribution in [3.8, 4) is 22.6 Å². The Bertz CT molecular complexity index is 1020. The molecule has 4 heteroatoms. The lowest BCUT2D eigenvalue weighted by Gasteiger charge is -2.07. The number of Topliss-reactive ketones (excluding diaryl/α,β-unsaturated/α-hetero) is 1. The first-order valence-electron chi connectivity index (χ1n) is 9.40. The normalized spacial score (nSPS) is 10.9. The van der Waals surface area contributed by atoms with E-state index in [1.165, 1.54) is 6.08 Å². The first-order valence-corrected chi connectivity index (χ1v) is 9.40. The second-order valence-electron chi connectivity index (χ2n) is 6.82. The summed E-state index contributed by atoms with van der Waals surface area (Å²) in [5, 5.41) is 19.1. The van der Waals surface area contributed by atoms with Crippen molar-refractivity contribution >= 4 is 17.6 Å². The predicted molar refractivity (Wildman–Crippen MR) is 114 cm³/mol. The number of rotatable bonds is 8. The fraction of sp³-hybridized carbons (Fsp3) is 0.120. The maximum absolute atomic E-state index is 12.2. The number of aryl methyl sites for hydroxylation is 1. The van der Waals surface area contributed by atoms with Crippen molar-refractivity contribution in [2.75, 3.05) is 0 Å². The van der Waals surface area contributed by atoms with Crippen LogP contribution in [-0.4, -0.2) is 21.8 Å². The van der Waals surface area contributed by atoms with E-state index in [2.05, 4.69) is 0 Å². The summed E-state index contributed by atoms with van der Waals surface area (Å²) in [6, 6.07) is 21.4. The highest BCUT2D eigenvalue weighted by Gasteiger charge is 2.09. The van der Waals surface area contributed by atoms with E-state index in [1.807, 2.05) is 30.3 Å². The first kappa shape index (κ1) is 20.1. The summed E-state index contributed by atoms with van der Waals surface area (Å²) in [6.07, 6.45) is 3.66. The van der Waals surface area contributed by atoms with Crippen molar-refractivity contribution in [1.29, 1.82) is 0 Å². The van der Waals surface area contributed by atoms with E-state index in [4.69, 9.17) is 0 Å². The van der Waals surface area contributed by atoms with Gasteiger partial charge in [-0.25, -0.2) is 0 Å². The number of aromatic hydroxyl groups is 2. The van der Waals surface area contributed by atoms with Gasteiger partial charge in [0.05, 0.1) is 6.42 Å². The summed E-state index contributed by atoms with van der Waals surface area (Å²) in [6.45, 7) is 0. The summed E-state index contributed by atoms with van der Waals surface area (Å²) < 4.78 is 0. The molecule has 2 N–H and O–H groups in total. The molecule has 0 saturated heterocycles. The third-order valence-corrected chi connectivity index (χ3v) is 4.57. The second kappa shape index (κ2) is 9.51. The van der Waals surface area contributed by atoms with Crippen LogP contribution in [0.2, 0.25) is 0 Å². The van der Waals surface area contributed by atoms with Crippen molar-refractivity contribution in [1.82, 2.24) is 0 Å². The van der Waals surface area contributed by atoms with Gasteiger partial charge in [-0.2, -0.15) is 0 Å². The van der Waals surface area contributed by atoms with Crippen molar-refractivity contribution < 1.29 is 19.8 Å². The number of hydrogen-bond donors (Lipinski definition) is 2. The minimum Gasteiger partial charge on any atom is -0.508 e. The summed E-state index contributed by atoms with van der Waals surface area (Å²) in [7, 11) is 0. The van der Waals surface area contributed by atoms with Crippen LogP contribution in [0.5, 0.6) is 11.5 Å². The zero-order valence-corrected chi connectivity index (χ0v) is 15.9. The number of carbonyl (C=O) groups is 2. The van der Waals surface area contributed by atoms with E-state index in [0.717, 1.165) is 16.7 Å². The number of hydrogen-bond acceptors (Lipinski definition) is 4. The molecular formula is C25H22O4. The van der Waals surface area contributed by atoms with Gasteiger partial charge in [0.2, 0.25) is 0 Å². The molecule has 0 atom stereocenters. The summed E-state index contributed by atoms with van der Waals surface area (Å²) >= 11 is 0. The topological polar surface area (TPSA) is 74.6 Å². The van der Waals surface area contributed by atoms with Gasteiger partial charge in [0.25, 0.3) is 0 Å². The third-order valence-electron chi connectivity index (χ3n) is 4.57. The van der Waals surface area contributed by atoms with Crippen LogP contribution in [0.1, 0.15) is 24.0 Å². The highest BCUT2D eigenvalue weighted by atomic mass is 16.3. The molecule has 0 unspecified atom stereocenters. The van der Waals surface area contributed by atoms with Gasteiger partial charge in [0, 0.05) is 6.42 Å². The number of ketones is 2. The standard InChI is InChI=1S/C25H22O4/c26-21-10-6-18(7-11-21)8-12-23(28)17-24(29)13-9-20-16-22(27)14-15-25(20)19-4-2-1-3-5-19/h1-7,9-11,13-16,26-27H,8,12,17H2/b13-9+. The molecule has 3 rings (SSSR count). The van der Waals surface area contributed by atoms with Crippen LogP contribution in [0, 0.1) is 0 Å². The molecular weight excluding hydrogens is 364 g/mol. The average molecular weight is 386 g/mol. The third kappa shape index (κ3) is 5.91. The van der Waals surface area contributed by atoms with E-state index in [0.29, 0.717) is 12.0 Å². The first-order chi connectivity index (χ1) is 14.0. The highest BCUT2D eigenvalue weighted by molar-refractivity contribution is 6.06. The van der Waals surface area contributed by atoms with Crippen LogP contribution in [0.25, 0.3) is 17.2 Å². The van der Waals surface area contributed by atoms with Crippen molar-refractivity contribution in [3.05, 3.63) is 90.0 Å². The van der Waals surface area contributed by atoms with Crippen LogP contribution in [-0.2, 0) is 16.0 Å². The van der Waals surface area contributed by atoms with Crippen molar-refractivity contribution in [3.63, 3.8) is 0 Å². The van der Waals surface area contributed by atoms with E-state index in [9.17, 15) is 19.8 Å². The van der Waals surface area contributed by atoms with E-state index < -0.39 is 0 Å². The van der Waals surface area contributed by atoms with Gasteiger partial charge in [-0.05, 0) is 59.0 Å². The lowest BCUT2D eigenvalue weighted by molar-refractivity contribution is -0.124. The van der Waals surface area contributed by atoms with Gasteiger partial charge in [0.15, 0.2) is 5.78 Å². The largest absolute Gasteiger partial charge is 0.508 e. The van der Waals surface area contributed by atoms with E-state index in [1.54, 1.807) is 48.5 Å². The van der Waals surface area contributed by atoms with Crippen molar-refractivity contribution in [2.24, 2.45) is 0 Å². The van der Waals surface area contributed by atoms with E-state index in [-0.39, 0.29) is 35.9 Å². The molecule has 3 aromatic rings. The zero-order chi connectivity index (χ0) is 20.6. The van der Waals surface area contributed by atoms with Gasteiger partial charge < -0.3 is 10.2 Å². The lowest BCUT2D eigenvalue weighted by atomic mass is 9.98. The van der Waals surface area contributed by atoms with Crippen LogP contribution < -0.4 is 0 Å². The molecule has 0 aliphatic rings. The van der Waals surface area contributed by atoms with Crippen molar-refractivity contribution in [2.45, 2.75) is 19.3 Å². The number of phenols is 2. The number of allylic oxidation sites excluding steroid dienone is 1. The van der Waals surface area contributed by atoms with Gasteiger partial charge in [0.1, 0.15) is 17.3 Å². The smallest absolute Gasteiger partial charge is 0.163 e. The Balaban J connectivity index is 1.62. The molecule has 4 nitrogen and oxygen atoms in total. The summed E-state index contributed by atoms with van der Waals surface area (Å²) in [5.41, 5.74) is 3.52. The molecule has 0 aliphatic heterocycles. The Labute approximate surface area is 169 Å². The number of phenolic OH excluding ortho intramolecular Hbond substituents is 2. The Morgan fingerprint density at radius 2 is 1.52 bits per heavy atom. The lowest BCUT2D eigenvalue weighted by Crippen LogP contribution is -2.06. The Morgan fingerprint density at radius 1 is 0.828 bits per heavy atom. The van der Waals surface area contributed by atoms with E-state index >= 15 is 0 Å². The highest BCUT2D eigenvalue weighted by Crippen LogP contribution is 2.28. The minimum atomic E-state index is -0.275. The number of carbonyl (C=O) groups excluding carboxylic acids is 2. The Morgan fingerprint density at radius 3 is 2.24 bits per heavy atom. The predicted octanol–water partition coefficient (Wildman–Crippen LogP) is 4.94. The molecule has 146 valence electrons. The molecule has 29 heavy (non-hydrogen) atoms. The second-order valence-corrected chi connectivity index (χ2v) is 6.82. The molecule has 0 amide bonds. The van der Waals surface area contributed by atoms with Gasteiger partial charge in [-0.3, -0.25) is 9.59 Å². The zero-order valence-electron chi connectivity index (χ0n) is 15.9. The molecule has 0 fully saturated rings. The van der Waals surface area contributed by atoms with Gasteiger partial charge in [-0.15, -0.1) is 0 Å². The van der Waals surface area contributed by atoms with Crippen LogP contribution in [0.15, 0.2) is 78.9 Å². The average Bonchev–Trinajstić information content (AvgIpc) is 2.72. The number of benzene rings is 3. The molecule has 0 saturated carbocycles. The summed E-state index contributed by atoms with van der Waals surface area (Å²) in [5.74, 6) is -0.112. The minimum absolute atomic E-state index is 0.113. The van der Waals surface area contributed by atoms with Crippen LogP contribution >= 0.6 is 0 Å². The fourth-order valence-electron chi connectivity index (χ4n) is 3.04. The monoisotopic (exact) mass is 386 g/mol. The van der Waals surface area contributed by atoms with Gasteiger partial charge in [-0.1, -0.05) is 54.6 Å². The maximum atomic E-state index is 12.2. The Kier molecular flexibility index (Phi) is 6.59. The molecule has 3 aromatic carbocycles. The maximum Gasteiger partial charge on any atom is 0.163 e. The van der Waals surface area contributed by atoms with Crippen LogP contribution in [0.4, 0.5) is 0 Å². The molecule has 0 radical (unpaired) electrons. The molecule has 0 aromatic heterocycles. The van der Waals surface area contributed by atoms with Gasteiger partial charge >= 0.3 is 0 Å².